The average molecular weight is 278 g/mol. The van der Waals surface area contributed by atoms with Crippen molar-refractivity contribution in [2.24, 2.45) is 5.84 Å². The molecule has 108 valence electrons. The van der Waals surface area contributed by atoms with E-state index in [1.165, 1.54) is 12.1 Å². The van der Waals surface area contributed by atoms with E-state index in [9.17, 15) is 4.39 Å². The lowest BCUT2D eigenvalue weighted by atomic mass is 10.0. The maximum absolute atomic E-state index is 13.3. The van der Waals surface area contributed by atoms with Crippen LogP contribution in [-0.4, -0.2) is 16.9 Å². The molecule has 6 heteroatoms. The van der Waals surface area contributed by atoms with Gasteiger partial charge in [0.1, 0.15) is 5.82 Å². The van der Waals surface area contributed by atoms with Crippen LogP contribution in [0.3, 0.4) is 0 Å². The van der Waals surface area contributed by atoms with E-state index in [4.69, 9.17) is 10.6 Å². The molecule has 0 aliphatic heterocycles. The van der Waals surface area contributed by atoms with Crippen LogP contribution in [0.15, 0.2) is 30.5 Å². The first-order chi connectivity index (χ1) is 9.69. The molecule has 1 heterocycles. The van der Waals surface area contributed by atoms with E-state index in [0.29, 0.717) is 18.7 Å². The molecule has 1 aromatic carbocycles. The normalized spacial score (nSPS) is 12.4. The van der Waals surface area contributed by atoms with Crippen molar-refractivity contribution < 1.29 is 9.13 Å². The lowest BCUT2D eigenvalue weighted by Crippen LogP contribution is -2.31. The van der Waals surface area contributed by atoms with Gasteiger partial charge < -0.3 is 4.74 Å². The summed E-state index contributed by atoms with van der Waals surface area (Å²) in [5.74, 6) is 6.07. The van der Waals surface area contributed by atoms with Crippen molar-refractivity contribution in [2.45, 2.75) is 25.9 Å². The summed E-state index contributed by atoms with van der Waals surface area (Å²) >= 11 is 0. The fraction of sp³-hybridized carbons (Fsp3) is 0.357. The number of hydrogen-bond donors (Lipinski definition) is 2. The van der Waals surface area contributed by atoms with Crippen molar-refractivity contribution in [3.05, 3.63) is 47.5 Å². The molecule has 0 amide bonds. The quantitative estimate of drug-likeness (QED) is 0.624. The molecular formula is C14H19FN4O. The maximum atomic E-state index is 13.3. The molecule has 1 unspecified atom stereocenters. The molecule has 1 atom stereocenters. The van der Waals surface area contributed by atoms with Gasteiger partial charge in [0.15, 0.2) is 5.75 Å². The molecule has 3 N–H and O–H groups in total. The predicted molar refractivity (Wildman–Crippen MR) is 74.6 cm³/mol. The number of nitrogens with one attached hydrogen (secondary N) is 1. The first kappa shape index (κ1) is 14.5. The summed E-state index contributed by atoms with van der Waals surface area (Å²) in [6, 6.07) is 6.28. The number of aromatic nitrogens is 2. The molecule has 0 bridgehead atoms. The second kappa shape index (κ2) is 6.49. The lowest BCUT2D eigenvalue weighted by molar-refractivity contribution is 0.391. The Balaban J connectivity index is 2.30. The number of hydrazine groups is 1. The monoisotopic (exact) mass is 278 g/mol. The van der Waals surface area contributed by atoms with Crippen molar-refractivity contribution >= 4 is 0 Å². The number of nitrogens with two attached hydrogens (primary N) is 1. The molecular weight excluding hydrogens is 259 g/mol. The highest BCUT2D eigenvalue weighted by Crippen LogP contribution is 2.27. The molecule has 0 spiro atoms. The molecule has 2 rings (SSSR count). The van der Waals surface area contributed by atoms with E-state index in [-0.39, 0.29) is 11.9 Å². The molecule has 0 aliphatic carbocycles. The highest BCUT2D eigenvalue weighted by molar-refractivity contribution is 5.30. The third kappa shape index (κ3) is 2.97. The number of hydrogen-bond acceptors (Lipinski definition) is 4. The molecule has 1 aromatic heterocycles. The van der Waals surface area contributed by atoms with Crippen LogP contribution in [0.25, 0.3) is 0 Å². The molecule has 20 heavy (non-hydrogen) atoms. The van der Waals surface area contributed by atoms with Crippen LogP contribution in [0.4, 0.5) is 4.39 Å². The fourth-order valence-corrected chi connectivity index (χ4v) is 2.27. The van der Waals surface area contributed by atoms with Gasteiger partial charge in [-0.05, 0) is 31.0 Å². The Labute approximate surface area is 117 Å². The largest absolute Gasteiger partial charge is 0.493 e. The molecule has 0 saturated heterocycles. The number of rotatable bonds is 6. The number of methoxy groups -OCH3 is 1. The van der Waals surface area contributed by atoms with Crippen LogP contribution in [0.5, 0.6) is 5.75 Å². The Morgan fingerprint density at radius 1 is 1.50 bits per heavy atom. The van der Waals surface area contributed by atoms with Gasteiger partial charge in [0.05, 0.1) is 25.0 Å². The van der Waals surface area contributed by atoms with Crippen LogP contribution in [0, 0.1) is 5.82 Å². The van der Waals surface area contributed by atoms with Crippen molar-refractivity contribution in [3.63, 3.8) is 0 Å². The van der Waals surface area contributed by atoms with Crippen LogP contribution in [0.1, 0.15) is 24.2 Å². The van der Waals surface area contributed by atoms with Gasteiger partial charge in [0.2, 0.25) is 0 Å². The third-order valence-corrected chi connectivity index (χ3v) is 3.22. The maximum Gasteiger partial charge on any atom is 0.161 e. The Morgan fingerprint density at radius 2 is 2.30 bits per heavy atom. The standard InChI is InChI=1S/C14H19FN4O/c1-3-19-14(13(20-2)9-17-19)12(18-16)8-10-5-4-6-11(15)7-10/h4-7,9,12,18H,3,8,16H2,1-2H3. The summed E-state index contributed by atoms with van der Waals surface area (Å²) in [6.07, 6.45) is 2.21. The highest BCUT2D eigenvalue weighted by atomic mass is 19.1. The Hall–Kier alpha value is -1.92. The van der Waals surface area contributed by atoms with Crippen molar-refractivity contribution in [3.8, 4) is 5.75 Å². The zero-order valence-electron chi connectivity index (χ0n) is 11.6. The van der Waals surface area contributed by atoms with Crippen molar-refractivity contribution in [2.75, 3.05) is 7.11 Å². The molecule has 0 saturated carbocycles. The number of benzene rings is 1. The highest BCUT2D eigenvalue weighted by Gasteiger charge is 2.21. The van der Waals surface area contributed by atoms with Crippen LogP contribution >= 0.6 is 0 Å². The van der Waals surface area contributed by atoms with Gasteiger partial charge in [0.25, 0.3) is 0 Å². The minimum atomic E-state index is -0.255. The van der Waals surface area contributed by atoms with Crippen molar-refractivity contribution in [1.29, 1.82) is 0 Å². The number of halogens is 1. The average Bonchev–Trinajstić information content (AvgIpc) is 2.87. The zero-order valence-corrected chi connectivity index (χ0v) is 11.6. The van der Waals surface area contributed by atoms with E-state index >= 15 is 0 Å². The lowest BCUT2D eigenvalue weighted by Gasteiger charge is -2.18. The zero-order chi connectivity index (χ0) is 14.5. The van der Waals surface area contributed by atoms with Crippen LogP contribution < -0.4 is 16.0 Å². The van der Waals surface area contributed by atoms with Crippen LogP contribution in [-0.2, 0) is 13.0 Å². The van der Waals surface area contributed by atoms with Gasteiger partial charge in [-0.1, -0.05) is 12.1 Å². The third-order valence-electron chi connectivity index (χ3n) is 3.22. The van der Waals surface area contributed by atoms with Gasteiger partial charge in [-0.15, -0.1) is 0 Å². The van der Waals surface area contributed by atoms with E-state index in [0.717, 1.165) is 11.3 Å². The molecule has 0 radical (unpaired) electrons. The summed E-state index contributed by atoms with van der Waals surface area (Å²) in [7, 11) is 1.59. The SMILES string of the molecule is CCn1ncc(OC)c1C(Cc1cccc(F)c1)NN. The molecule has 0 fully saturated rings. The smallest absolute Gasteiger partial charge is 0.161 e. The first-order valence-electron chi connectivity index (χ1n) is 6.49. The molecule has 5 nitrogen and oxygen atoms in total. The molecule has 0 aliphatic rings. The minimum absolute atomic E-state index is 0.200. The van der Waals surface area contributed by atoms with Gasteiger partial charge in [-0.25, -0.2) is 4.39 Å². The Morgan fingerprint density at radius 3 is 2.90 bits per heavy atom. The second-order valence-corrected chi connectivity index (χ2v) is 4.47. The van der Waals surface area contributed by atoms with Gasteiger partial charge in [0, 0.05) is 6.54 Å². The van der Waals surface area contributed by atoms with Crippen molar-refractivity contribution in [1.82, 2.24) is 15.2 Å². The molecule has 2 aromatic rings. The topological polar surface area (TPSA) is 65.1 Å². The van der Waals surface area contributed by atoms with E-state index < -0.39 is 0 Å². The van der Waals surface area contributed by atoms with Crippen LogP contribution in [0.2, 0.25) is 0 Å². The second-order valence-electron chi connectivity index (χ2n) is 4.47. The van der Waals surface area contributed by atoms with Gasteiger partial charge in [-0.3, -0.25) is 16.0 Å². The van der Waals surface area contributed by atoms with E-state index in [1.807, 2.05) is 17.7 Å². The summed E-state index contributed by atoms with van der Waals surface area (Å²) < 4.78 is 20.4. The first-order valence-corrected chi connectivity index (χ1v) is 6.49. The number of ether oxygens (including phenoxy) is 1. The number of aryl methyl sites for hydroxylation is 1. The predicted octanol–water partition coefficient (Wildman–Crippen LogP) is 1.80. The van der Waals surface area contributed by atoms with Gasteiger partial charge >= 0.3 is 0 Å². The summed E-state index contributed by atoms with van der Waals surface area (Å²) in [5.41, 5.74) is 4.48. The summed E-state index contributed by atoms with van der Waals surface area (Å²) in [6.45, 7) is 2.70. The van der Waals surface area contributed by atoms with Gasteiger partial charge in [-0.2, -0.15) is 5.10 Å². The summed E-state index contributed by atoms with van der Waals surface area (Å²) in [5, 5.41) is 4.26. The van der Waals surface area contributed by atoms with E-state index in [1.54, 1.807) is 19.4 Å². The summed E-state index contributed by atoms with van der Waals surface area (Å²) in [4.78, 5) is 0. The van der Waals surface area contributed by atoms with E-state index in [2.05, 4.69) is 10.5 Å². The minimum Gasteiger partial charge on any atom is -0.493 e. The Kier molecular flexibility index (Phi) is 4.70. The fourth-order valence-electron chi connectivity index (χ4n) is 2.27. The number of nitrogens with zero attached hydrogens (tertiary/aromatic N) is 2. The Bertz CT molecular complexity index is 549.